The second-order valence-electron chi connectivity index (χ2n) is 7.06. The first kappa shape index (κ1) is 19.6. The van der Waals surface area contributed by atoms with Crippen molar-refractivity contribution in [1.82, 2.24) is 19.7 Å². The predicted octanol–water partition coefficient (Wildman–Crippen LogP) is 4.52. The van der Waals surface area contributed by atoms with E-state index in [1.54, 1.807) is 49.2 Å². The van der Waals surface area contributed by atoms with Crippen LogP contribution in [0.15, 0.2) is 54.0 Å². The molecule has 7 nitrogen and oxygen atoms in total. The molecule has 30 heavy (non-hydrogen) atoms. The average Bonchev–Trinajstić information content (AvgIpc) is 3.50. The lowest BCUT2D eigenvalue weighted by molar-refractivity contribution is 0.102. The molecular weight excluding hydrogens is 383 g/mol. The molecule has 152 valence electrons. The highest BCUT2D eigenvalue weighted by Crippen LogP contribution is 2.38. The summed E-state index contributed by atoms with van der Waals surface area (Å²) in [5, 5.41) is 10.6. The van der Waals surface area contributed by atoms with Gasteiger partial charge in [0.2, 0.25) is 0 Å². The summed E-state index contributed by atoms with van der Waals surface area (Å²) < 4.78 is 17.1. The van der Waals surface area contributed by atoms with Crippen molar-refractivity contribution in [1.29, 1.82) is 0 Å². The molecule has 1 saturated carbocycles. The van der Waals surface area contributed by atoms with Crippen LogP contribution >= 0.6 is 0 Å². The average molecular weight is 404 g/mol. The Labute approximate surface area is 173 Å². The van der Waals surface area contributed by atoms with Crippen molar-refractivity contribution < 1.29 is 9.18 Å². The molecule has 0 unspecified atom stereocenters. The number of nitrogens with zero attached hydrogens (tertiary/aromatic N) is 5. The molecule has 0 bridgehead atoms. The number of rotatable bonds is 6. The van der Waals surface area contributed by atoms with Crippen LogP contribution in [-0.4, -0.2) is 31.9 Å². The van der Waals surface area contributed by atoms with E-state index in [-0.39, 0.29) is 11.4 Å². The number of amides is 1. The Balaban J connectivity index is 1.59. The first-order valence-corrected chi connectivity index (χ1v) is 9.69. The Hall–Kier alpha value is -3.68. The van der Waals surface area contributed by atoms with Gasteiger partial charge in [0, 0.05) is 24.7 Å². The molecule has 0 atom stereocenters. The van der Waals surface area contributed by atoms with Gasteiger partial charge in [-0.15, -0.1) is 10.2 Å². The van der Waals surface area contributed by atoms with Gasteiger partial charge in [-0.3, -0.25) is 14.8 Å². The first-order valence-electron chi connectivity index (χ1n) is 9.69. The van der Waals surface area contributed by atoms with Crippen molar-refractivity contribution in [2.45, 2.75) is 32.7 Å². The van der Waals surface area contributed by atoms with Crippen molar-refractivity contribution in [3.63, 3.8) is 0 Å². The predicted molar refractivity (Wildman–Crippen MR) is 114 cm³/mol. The number of carbonyl (C=O) groups is 1. The van der Waals surface area contributed by atoms with Gasteiger partial charge in [-0.25, -0.2) is 4.39 Å². The summed E-state index contributed by atoms with van der Waals surface area (Å²) in [5.41, 5.74) is 2.25. The molecule has 0 spiro atoms. The molecule has 4 rings (SSSR count). The quantitative estimate of drug-likeness (QED) is 0.612. The van der Waals surface area contributed by atoms with Crippen LogP contribution in [0.4, 0.5) is 10.1 Å². The van der Waals surface area contributed by atoms with Crippen molar-refractivity contribution in [2.75, 3.05) is 5.32 Å². The maximum absolute atomic E-state index is 15.2. The molecular formula is C22H21FN6O. The van der Waals surface area contributed by atoms with Gasteiger partial charge < -0.3 is 9.88 Å². The highest BCUT2D eigenvalue weighted by atomic mass is 19.1. The van der Waals surface area contributed by atoms with Crippen LogP contribution in [-0.2, 0) is 0 Å². The van der Waals surface area contributed by atoms with Crippen molar-refractivity contribution >= 4 is 23.4 Å². The molecule has 1 amide bonds. The van der Waals surface area contributed by atoms with Crippen LogP contribution < -0.4 is 5.32 Å². The number of benzene rings is 1. The number of allylic oxidation sites excluding steroid dienone is 1. The van der Waals surface area contributed by atoms with E-state index in [2.05, 4.69) is 25.5 Å². The van der Waals surface area contributed by atoms with Gasteiger partial charge in [0.1, 0.15) is 12.0 Å². The number of hydrogen-bond donors (Lipinski definition) is 1. The topological polar surface area (TPSA) is 85.1 Å². The normalized spacial score (nSPS) is 14.3. The third-order valence-corrected chi connectivity index (χ3v) is 4.87. The Bertz CT molecular complexity index is 1150. The van der Waals surface area contributed by atoms with Gasteiger partial charge in [-0.05, 0) is 62.1 Å². The molecule has 1 fully saturated rings. The van der Waals surface area contributed by atoms with E-state index in [0.717, 1.165) is 24.0 Å². The zero-order valence-electron chi connectivity index (χ0n) is 16.7. The largest absolute Gasteiger partial charge is 0.318 e. The Morgan fingerprint density at radius 3 is 2.93 bits per heavy atom. The highest BCUT2D eigenvalue weighted by molar-refractivity contribution is 6.03. The second kappa shape index (κ2) is 8.36. The summed E-state index contributed by atoms with van der Waals surface area (Å²) in [5.74, 6) is -0.586. The van der Waals surface area contributed by atoms with Crippen LogP contribution in [0.25, 0.3) is 17.0 Å². The fraction of sp³-hybridized carbons (Fsp3) is 0.227. The number of anilines is 1. The molecule has 1 N–H and O–H groups in total. The maximum Gasteiger partial charge on any atom is 0.274 e. The standard InChI is InChI=1S/C22H21FN6O/c1-3-24-12-14(2)15-9-10-25-19(11-15)22(30)27-18-6-4-5-17(20(18)23)21-28-26-13-29(21)16-7-8-16/h3-6,9-13,16H,7-8H2,1-2H3,(H,27,30)/b14-12+,24-3?. The zero-order chi connectivity index (χ0) is 21.1. The molecule has 1 aliphatic rings. The van der Waals surface area contributed by atoms with E-state index >= 15 is 4.39 Å². The Morgan fingerprint density at radius 1 is 1.33 bits per heavy atom. The lowest BCUT2D eigenvalue weighted by atomic mass is 10.1. The third-order valence-electron chi connectivity index (χ3n) is 4.87. The summed E-state index contributed by atoms with van der Waals surface area (Å²) in [6, 6.07) is 8.58. The highest BCUT2D eigenvalue weighted by Gasteiger charge is 2.28. The minimum atomic E-state index is -0.551. The lowest BCUT2D eigenvalue weighted by Crippen LogP contribution is -2.15. The van der Waals surface area contributed by atoms with Crippen molar-refractivity contribution in [3.05, 3.63) is 66.1 Å². The third kappa shape index (κ3) is 4.03. The minimum absolute atomic E-state index is 0.0675. The SMILES string of the molecule is CC=N/C=C(\C)c1ccnc(C(=O)Nc2cccc(-c3nncn3C3CC3)c2F)c1. The van der Waals surface area contributed by atoms with E-state index < -0.39 is 11.7 Å². The van der Waals surface area contributed by atoms with E-state index in [1.165, 1.54) is 6.07 Å². The molecule has 3 aromatic rings. The minimum Gasteiger partial charge on any atom is -0.318 e. The monoisotopic (exact) mass is 404 g/mol. The summed E-state index contributed by atoms with van der Waals surface area (Å²) in [6.07, 6.45) is 8.60. The fourth-order valence-electron chi connectivity index (χ4n) is 3.10. The number of hydrogen-bond acceptors (Lipinski definition) is 5. The lowest BCUT2D eigenvalue weighted by Gasteiger charge is -2.11. The van der Waals surface area contributed by atoms with Crippen LogP contribution in [0.3, 0.4) is 0 Å². The summed E-state index contributed by atoms with van der Waals surface area (Å²) >= 11 is 0. The molecule has 2 heterocycles. The van der Waals surface area contributed by atoms with E-state index in [1.807, 2.05) is 18.4 Å². The zero-order valence-corrected chi connectivity index (χ0v) is 16.7. The van der Waals surface area contributed by atoms with Gasteiger partial charge in [-0.2, -0.15) is 0 Å². The fourth-order valence-corrected chi connectivity index (χ4v) is 3.10. The van der Waals surface area contributed by atoms with Crippen LogP contribution in [0.1, 0.15) is 48.8 Å². The number of aromatic nitrogens is 4. The number of carbonyl (C=O) groups excluding carboxylic acids is 1. The van der Waals surface area contributed by atoms with E-state index in [4.69, 9.17) is 0 Å². The summed E-state index contributed by atoms with van der Waals surface area (Å²) in [4.78, 5) is 20.9. The van der Waals surface area contributed by atoms with Crippen molar-refractivity contribution in [2.24, 2.45) is 4.99 Å². The van der Waals surface area contributed by atoms with Gasteiger partial charge >= 0.3 is 0 Å². The molecule has 0 saturated heterocycles. The van der Waals surface area contributed by atoms with Crippen LogP contribution in [0, 0.1) is 5.82 Å². The van der Waals surface area contributed by atoms with E-state index in [9.17, 15) is 4.79 Å². The molecule has 8 heteroatoms. The first-order chi connectivity index (χ1) is 14.6. The Kier molecular flexibility index (Phi) is 5.47. The van der Waals surface area contributed by atoms with E-state index in [0.29, 0.717) is 17.4 Å². The molecule has 0 aliphatic heterocycles. The maximum atomic E-state index is 15.2. The number of halogens is 1. The summed E-state index contributed by atoms with van der Waals surface area (Å²) in [6.45, 7) is 3.72. The van der Waals surface area contributed by atoms with Gasteiger partial charge in [0.15, 0.2) is 11.6 Å². The van der Waals surface area contributed by atoms with Gasteiger partial charge in [0.25, 0.3) is 5.91 Å². The number of nitrogens with one attached hydrogen (secondary N) is 1. The molecule has 2 aromatic heterocycles. The van der Waals surface area contributed by atoms with Gasteiger partial charge in [-0.1, -0.05) is 6.07 Å². The van der Waals surface area contributed by atoms with Crippen LogP contribution in [0.2, 0.25) is 0 Å². The Morgan fingerprint density at radius 2 is 2.17 bits per heavy atom. The number of pyridine rings is 1. The molecule has 0 radical (unpaired) electrons. The second-order valence-corrected chi connectivity index (χ2v) is 7.06. The van der Waals surface area contributed by atoms with Gasteiger partial charge in [0.05, 0.1) is 11.3 Å². The molecule has 1 aromatic carbocycles. The van der Waals surface area contributed by atoms with Crippen LogP contribution in [0.5, 0.6) is 0 Å². The smallest absolute Gasteiger partial charge is 0.274 e. The number of aliphatic imine (C=N–C) groups is 1. The van der Waals surface area contributed by atoms with Crippen molar-refractivity contribution in [3.8, 4) is 11.4 Å². The summed E-state index contributed by atoms with van der Waals surface area (Å²) in [7, 11) is 0. The molecule has 1 aliphatic carbocycles.